The number of aromatic nitrogens is 2. The largest absolute Gasteiger partial charge is 0.332 e. The van der Waals surface area contributed by atoms with Crippen LogP contribution in [-0.2, 0) is 0 Å². The Morgan fingerprint density at radius 1 is 1.29 bits per heavy atom. The summed E-state index contributed by atoms with van der Waals surface area (Å²) in [5.74, 6) is -0.900. The van der Waals surface area contributed by atoms with Crippen LogP contribution in [0.25, 0.3) is 11.0 Å². The first-order valence-corrected chi connectivity index (χ1v) is 3.74. The van der Waals surface area contributed by atoms with Crippen molar-refractivity contribution >= 4 is 16.7 Å². The first kappa shape index (κ1) is 8.49. The maximum atomic E-state index is 13.1. The number of fused-ring (bicyclic) bond motifs is 1. The average molecular weight is 193 g/mol. The maximum Gasteiger partial charge on any atom is 0.332 e. The minimum Gasteiger partial charge on any atom is -0.258 e. The highest BCUT2D eigenvalue weighted by Gasteiger charge is 2.19. The highest BCUT2D eigenvalue weighted by Crippen LogP contribution is 2.24. The van der Waals surface area contributed by atoms with E-state index in [1.807, 2.05) is 0 Å². The molecule has 1 aromatic carbocycles. The van der Waals surface area contributed by atoms with Gasteiger partial charge in [0.25, 0.3) is 0 Å². The molecule has 0 aliphatic rings. The Hall–Kier alpha value is -2.11. The lowest BCUT2D eigenvalue weighted by atomic mass is 10.2. The summed E-state index contributed by atoms with van der Waals surface area (Å²) in [5.41, 5.74) is -0.353. The molecule has 14 heavy (non-hydrogen) atoms. The predicted octanol–water partition coefficient (Wildman–Crippen LogP) is 1.68. The van der Waals surface area contributed by atoms with E-state index in [0.717, 1.165) is 6.07 Å². The Morgan fingerprint density at radius 2 is 2.00 bits per heavy atom. The van der Waals surface area contributed by atoms with Crippen LogP contribution in [0, 0.1) is 15.9 Å². The van der Waals surface area contributed by atoms with Crippen molar-refractivity contribution in [1.82, 2.24) is 9.97 Å². The van der Waals surface area contributed by atoms with Crippen molar-refractivity contribution in [3.63, 3.8) is 0 Å². The molecular weight excluding hydrogens is 189 g/mol. The van der Waals surface area contributed by atoms with Gasteiger partial charge in [-0.3, -0.25) is 15.1 Å². The van der Waals surface area contributed by atoms with E-state index in [9.17, 15) is 14.5 Å². The van der Waals surface area contributed by atoms with Crippen molar-refractivity contribution < 1.29 is 9.31 Å². The summed E-state index contributed by atoms with van der Waals surface area (Å²) < 4.78 is 13.1. The lowest BCUT2D eigenvalue weighted by Crippen LogP contribution is -1.96. The standard InChI is InChI=1S/C8H4FN3O2/c9-5-1-2-6-7(8(5)12(13)14)11-4-3-10-6/h1-4H. The van der Waals surface area contributed by atoms with E-state index >= 15 is 0 Å². The normalized spacial score (nSPS) is 10.4. The third-order valence-corrected chi connectivity index (χ3v) is 1.75. The average Bonchev–Trinajstić information content (AvgIpc) is 2.17. The zero-order chi connectivity index (χ0) is 10.1. The molecule has 0 fully saturated rings. The molecule has 0 aliphatic heterocycles. The van der Waals surface area contributed by atoms with Gasteiger partial charge in [0.2, 0.25) is 5.82 Å². The number of nitrogens with zero attached hydrogens (tertiary/aromatic N) is 3. The van der Waals surface area contributed by atoms with E-state index in [0.29, 0.717) is 5.52 Å². The second kappa shape index (κ2) is 2.99. The summed E-state index contributed by atoms with van der Waals surface area (Å²) in [7, 11) is 0. The van der Waals surface area contributed by atoms with Crippen LogP contribution in [0.3, 0.4) is 0 Å². The molecule has 0 saturated carbocycles. The molecule has 2 aromatic rings. The summed E-state index contributed by atoms with van der Waals surface area (Å²) in [4.78, 5) is 17.3. The Morgan fingerprint density at radius 3 is 2.71 bits per heavy atom. The Kier molecular flexibility index (Phi) is 1.81. The molecule has 5 nitrogen and oxygen atoms in total. The van der Waals surface area contributed by atoms with Gasteiger partial charge in [0.15, 0.2) is 5.52 Å². The summed E-state index contributed by atoms with van der Waals surface area (Å²) in [6.45, 7) is 0. The van der Waals surface area contributed by atoms with E-state index in [1.54, 1.807) is 0 Å². The first-order valence-electron chi connectivity index (χ1n) is 3.74. The Labute approximate surface area is 77.4 Å². The molecule has 0 spiro atoms. The van der Waals surface area contributed by atoms with Crippen molar-refractivity contribution in [3.05, 3.63) is 40.5 Å². The van der Waals surface area contributed by atoms with Gasteiger partial charge in [-0.05, 0) is 12.1 Å². The number of nitro groups is 1. The molecule has 0 saturated heterocycles. The number of hydrogen-bond acceptors (Lipinski definition) is 4. The lowest BCUT2D eigenvalue weighted by molar-refractivity contribution is -0.385. The molecule has 0 radical (unpaired) electrons. The molecule has 2 rings (SSSR count). The van der Waals surface area contributed by atoms with Crippen molar-refractivity contribution in [1.29, 1.82) is 0 Å². The second-order valence-electron chi connectivity index (χ2n) is 2.58. The van der Waals surface area contributed by atoms with Crippen molar-refractivity contribution in [2.75, 3.05) is 0 Å². The molecule has 0 amide bonds. The summed E-state index contributed by atoms with van der Waals surface area (Å²) in [6, 6.07) is 2.36. The van der Waals surface area contributed by atoms with Crippen LogP contribution >= 0.6 is 0 Å². The Bertz CT molecular complexity index is 515. The topological polar surface area (TPSA) is 68.9 Å². The number of rotatable bonds is 1. The highest BCUT2D eigenvalue weighted by atomic mass is 19.1. The molecule has 6 heteroatoms. The van der Waals surface area contributed by atoms with E-state index < -0.39 is 16.4 Å². The molecule has 0 aliphatic carbocycles. The van der Waals surface area contributed by atoms with E-state index in [-0.39, 0.29) is 5.52 Å². The van der Waals surface area contributed by atoms with Crippen molar-refractivity contribution in [3.8, 4) is 0 Å². The van der Waals surface area contributed by atoms with Crippen LogP contribution in [0.5, 0.6) is 0 Å². The van der Waals surface area contributed by atoms with Crippen LogP contribution in [0.1, 0.15) is 0 Å². The van der Waals surface area contributed by atoms with Gasteiger partial charge in [-0.1, -0.05) is 0 Å². The summed E-state index contributed by atoms with van der Waals surface area (Å²) in [5, 5.41) is 10.5. The zero-order valence-corrected chi connectivity index (χ0v) is 6.85. The fourth-order valence-electron chi connectivity index (χ4n) is 1.17. The fraction of sp³-hybridized carbons (Fsp3) is 0. The molecular formula is C8H4FN3O2. The molecule has 1 heterocycles. The van der Waals surface area contributed by atoms with Crippen LogP contribution in [0.2, 0.25) is 0 Å². The van der Waals surface area contributed by atoms with Crippen LogP contribution in [-0.4, -0.2) is 14.9 Å². The van der Waals surface area contributed by atoms with E-state index in [2.05, 4.69) is 9.97 Å². The van der Waals surface area contributed by atoms with Crippen LogP contribution in [0.4, 0.5) is 10.1 Å². The molecule has 0 N–H and O–H groups in total. The number of benzene rings is 1. The van der Waals surface area contributed by atoms with Crippen LogP contribution in [0.15, 0.2) is 24.5 Å². The van der Waals surface area contributed by atoms with Crippen molar-refractivity contribution in [2.45, 2.75) is 0 Å². The monoisotopic (exact) mass is 193 g/mol. The van der Waals surface area contributed by atoms with Gasteiger partial charge in [0, 0.05) is 12.4 Å². The molecule has 0 unspecified atom stereocenters. The Balaban J connectivity index is 2.90. The van der Waals surface area contributed by atoms with Gasteiger partial charge < -0.3 is 0 Å². The molecule has 0 bridgehead atoms. The number of nitro benzene ring substituents is 1. The predicted molar refractivity (Wildman–Crippen MR) is 46.2 cm³/mol. The molecule has 0 atom stereocenters. The number of halogens is 1. The zero-order valence-electron chi connectivity index (χ0n) is 6.85. The maximum absolute atomic E-state index is 13.1. The number of hydrogen-bond donors (Lipinski definition) is 0. The minimum atomic E-state index is -0.900. The smallest absolute Gasteiger partial charge is 0.258 e. The molecule has 70 valence electrons. The van der Waals surface area contributed by atoms with E-state index in [4.69, 9.17) is 0 Å². The first-order chi connectivity index (χ1) is 6.70. The lowest BCUT2D eigenvalue weighted by Gasteiger charge is -1.97. The second-order valence-corrected chi connectivity index (χ2v) is 2.58. The van der Waals surface area contributed by atoms with Crippen molar-refractivity contribution in [2.24, 2.45) is 0 Å². The minimum absolute atomic E-state index is 0.0301. The van der Waals surface area contributed by atoms with Gasteiger partial charge in [0.05, 0.1) is 10.4 Å². The van der Waals surface area contributed by atoms with Crippen LogP contribution < -0.4 is 0 Å². The van der Waals surface area contributed by atoms with Gasteiger partial charge >= 0.3 is 5.69 Å². The summed E-state index contributed by atoms with van der Waals surface area (Å²) >= 11 is 0. The third-order valence-electron chi connectivity index (χ3n) is 1.75. The van der Waals surface area contributed by atoms with Gasteiger partial charge in [0.1, 0.15) is 0 Å². The van der Waals surface area contributed by atoms with Gasteiger partial charge in [-0.15, -0.1) is 0 Å². The highest BCUT2D eigenvalue weighted by molar-refractivity contribution is 5.83. The quantitative estimate of drug-likeness (QED) is 0.510. The van der Waals surface area contributed by atoms with Gasteiger partial charge in [-0.2, -0.15) is 4.39 Å². The SMILES string of the molecule is O=[N+]([O-])c1c(F)ccc2nccnc12. The molecule has 1 aromatic heterocycles. The van der Waals surface area contributed by atoms with Gasteiger partial charge in [-0.25, -0.2) is 4.98 Å². The third kappa shape index (κ3) is 1.17. The summed E-state index contributed by atoms with van der Waals surface area (Å²) in [6.07, 6.45) is 2.68. The fourth-order valence-corrected chi connectivity index (χ4v) is 1.17. The van der Waals surface area contributed by atoms with E-state index in [1.165, 1.54) is 18.5 Å².